The van der Waals surface area contributed by atoms with Crippen LogP contribution < -0.4 is 10.1 Å². The van der Waals surface area contributed by atoms with Gasteiger partial charge in [-0.3, -0.25) is 4.79 Å². The molecule has 1 aromatic carbocycles. The number of nitrogens with one attached hydrogen (secondary N) is 1. The smallest absolute Gasteiger partial charge is 0.279 e. The summed E-state index contributed by atoms with van der Waals surface area (Å²) in [6.07, 6.45) is 0. The summed E-state index contributed by atoms with van der Waals surface area (Å²) in [5.74, 6) is 0.862. The Morgan fingerprint density at radius 3 is 2.15 bits per heavy atom. The fourth-order valence-corrected chi connectivity index (χ4v) is 1.92. The van der Waals surface area contributed by atoms with Gasteiger partial charge in [-0.25, -0.2) is 0 Å². The summed E-state index contributed by atoms with van der Waals surface area (Å²) in [5, 5.41) is 3.01. The summed E-state index contributed by atoms with van der Waals surface area (Å²) >= 11 is 0. The Hall–Kier alpha value is -0.446. The summed E-state index contributed by atoms with van der Waals surface area (Å²) in [6, 6.07) is 3.87. The van der Waals surface area contributed by atoms with Crippen LogP contribution in [0.2, 0.25) is 0 Å². The second-order valence-electron chi connectivity index (χ2n) is 5.59. The van der Waals surface area contributed by atoms with Gasteiger partial charge in [-0.1, -0.05) is 0 Å². The molecular weight excluding hydrogens is 329 g/mol. The Morgan fingerprint density at radius 2 is 1.75 bits per heavy atom. The number of quaternary nitrogens is 1. The molecule has 0 spiro atoms. The van der Waals surface area contributed by atoms with Crippen LogP contribution >= 0.6 is 0 Å². The Bertz CT molecular complexity index is 450. The second-order valence-corrected chi connectivity index (χ2v) is 5.59. The number of hydrogen-bond acceptors (Lipinski definition) is 2. The van der Waals surface area contributed by atoms with Crippen molar-refractivity contribution in [3.63, 3.8) is 0 Å². The molecule has 0 aliphatic heterocycles. The fraction of sp³-hybridized carbons (Fsp3) is 0.533. The number of carbonyl (C=O) groups excluding carboxylic acids is 1. The van der Waals surface area contributed by atoms with Crippen LogP contribution in [0.3, 0.4) is 0 Å². The zero-order valence-electron chi connectivity index (χ0n) is 13.4. The molecule has 0 unspecified atom stereocenters. The average Bonchev–Trinajstić information content (AvgIpc) is 2.33. The maximum atomic E-state index is 12.1. The molecule has 0 saturated heterocycles. The minimum Gasteiger partial charge on any atom is -0.497 e. The van der Waals surface area contributed by atoms with Crippen LogP contribution in [-0.4, -0.2) is 44.7 Å². The van der Waals surface area contributed by atoms with Gasteiger partial charge in [0.2, 0.25) is 0 Å². The molecule has 0 aliphatic rings. The number of hydrogen-bond donors (Lipinski definition) is 1. The summed E-state index contributed by atoms with van der Waals surface area (Å²) in [7, 11) is 5.74. The standard InChI is InChI=1S/C15H24N2O2.Y/c1-7-17(4,5)10-14(18)16-15-11(2)8-13(19-6)9-12(15)3;/h8-9H,7,10H2,1-6H3;/p+1. The Balaban J connectivity index is 0.00000361. The minimum absolute atomic E-state index is 0. The van der Waals surface area contributed by atoms with Gasteiger partial charge >= 0.3 is 0 Å². The van der Waals surface area contributed by atoms with Crippen LogP contribution in [0.15, 0.2) is 12.1 Å². The molecule has 0 heterocycles. The van der Waals surface area contributed by atoms with Gasteiger partial charge in [0.15, 0.2) is 6.54 Å². The molecule has 4 nitrogen and oxygen atoms in total. The normalized spacial score (nSPS) is 10.7. The van der Waals surface area contributed by atoms with E-state index in [4.69, 9.17) is 4.74 Å². The molecular formula is C15H25N2O2Y+. The first kappa shape index (κ1) is 19.6. The molecule has 5 heteroatoms. The summed E-state index contributed by atoms with van der Waals surface area (Å²) in [6.45, 7) is 7.43. The van der Waals surface area contributed by atoms with Crippen LogP contribution in [0.1, 0.15) is 18.1 Å². The molecule has 0 fully saturated rings. The zero-order valence-corrected chi connectivity index (χ0v) is 16.2. The predicted octanol–water partition coefficient (Wildman–Crippen LogP) is 2.34. The summed E-state index contributed by atoms with van der Waals surface area (Å²) in [4.78, 5) is 12.1. The van der Waals surface area contributed by atoms with Crippen molar-refractivity contribution < 1.29 is 46.7 Å². The predicted molar refractivity (Wildman–Crippen MR) is 78.6 cm³/mol. The monoisotopic (exact) mass is 354 g/mol. The van der Waals surface area contributed by atoms with Crippen molar-refractivity contribution in [1.29, 1.82) is 0 Å². The first-order chi connectivity index (χ1) is 8.79. The van der Waals surface area contributed by atoms with Crippen molar-refractivity contribution in [2.75, 3.05) is 39.6 Å². The molecule has 1 aromatic rings. The first-order valence-corrected chi connectivity index (χ1v) is 6.56. The molecule has 1 N–H and O–H groups in total. The SMILES string of the molecule is CC[N+](C)(C)CC(=O)Nc1c(C)cc(OC)cc1C.[Y]. The van der Waals surface area contributed by atoms with Gasteiger partial charge in [0.1, 0.15) is 5.75 Å². The third kappa shape index (κ3) is 5.51. The average molecular weight is 354 g/mol. The second kappa shape index (κ2) is 8.11. The molecule has 1 amide bonds. The number of anilines is 1. The molecule has 1 radical (unpaired) electrons. The number of aryl methyl sites for hydroxylation is 2. The zero-order chi connectivity index (χ0) is 14.6. The van der Waals surface area contributed by atoms with E-state index in [2.05, 4.69) is 12.2 Å². The van der Waals surface area contributed by atoms with E-state index >= 15 is 0 Å². The molecule has 0 bridgehead atoms. The third-order valence-electron chi connectivity index (χ3n) is 3.43. The maximum Gasteiger partial charge on any atom is 0.279 e. The Labute approximate surface area is 147 Å². The van der Waals surface area contributed by atoms with E-state index in [1.165, 1.54) is 0 Å². The van der Waals surface area contributed by atoms with Crippen LogP contribution in [-0.2, 0) is 37.5 Å². The first-order valence-electron chi connectivity index (χ1n) is 6.56. The molecule has 0 saturated carbocycles. The molecule has 0 aromatic heterocycles. The van der Waals surface area contributed by atoms with E-state index in [0.29, 0.717) is 11.0 Å². The summed E-state index contributed by atoms with van der Waals surface area (Å²) < 4.78 is 5.90. The van der Waals surface area contributed by atoms with Gasteiger partial charge in [-0.2, -0.15) is 0 Å². The number of benzene rings is 1. The van der Waals surface area contributed by atoms with E-state index in [0.717, 1.165) is 29.1 Å². The van der Waals surface area contributed by atoms with Crippen molar-refractivity contribution in [2.45, 2.75) is 20.8 Å². The Morgan fingerprint density at radius 1 is 1.25 bits per heavy atom. The van der Waals surface area contributed by atoms with Gasteiger partial charge in [-0.05, 0) is 44.0 Å². The van der Waals surface area contributed by atoms with E-state index in [1.54, 1.807) is 7.11 Å². The number of likely N-dealkylation sites (N-methyl/N-ethyl adjacent to an activating group) is 1. The Kier molecular flexibility index (Phi) is 7.93. The van der Waals surface area contributed by atoms with Crippen molar-refractivity contribution in [3.8, 4) is 5.75 Å². The topological polar surface area (TPSA) is 38.3 Å². The van der Waals surface area contributed by atoms with Gasteiger partial charge in [0, 0.05) is 38.4 Å². The quantitative estimate of drug-likeness (QED) is 0.825. The number of nitrogens with zero attached hydrogens (tertiary/aromatic N) is 1. The number of carbonyl (C=O) groups is 1. The number of methoxy groups -OCH3 is 1. The van der Waals surface area contributed by atoms with Crippen LogP contribution in [0.25, 0.3) is 0 Å². The van der Waals surface area contributed by atoms with Crippen molar-refractivity contribution in [2.24, 2.45) is 0 Å². The molecule has 109 valence electrons. The summed E-state index contributed by atoms with van der Waals surface area (Å²) in [5.41, 5.74) is 2.93. The van der Waals surface area contributed by atoms with E-state index in [-0.39, 0.29) is 38.6 Å². The number of rotatable bonds is 5. The van der Waals surface area contributed by atoms with Crippen LogP contribution in [0.5, 0.6) is 5.75 Å². The molecule has 0 aliphatic carbocycles. The van der Waals surface area contributed by atoms with E-state index in [9.17, 15) is 4.79 Å². The van der Waals surface area contributed by atoms with Gasteiger partial charge in [0.05, 0.1) is 27.7 Å². The van der Waals surface area contributed by atoms with Gasteiger partial charge in [-0.15, -0.1) is 0 Å². The van der Waals surface area contributed by atoms with Crippen LogP contribution in [0, 0.1) is 13.8 Å². The van der Waals surface area contributed by atoms with Crippen molar-refractivity contribution in [3.05, 3.63) is 23.3 Å². The van der Waals surface area contributed by atoms with Gasteiger partial charge < -0.3 is 14.5 Å². The van der Waals surface area contributed by atoms with E-state index in [1.807, 2.05) is 40.1 Å². The van der Waals surface area contributed by atoms with Gasteiger partial charge in [0.25, 0.3) is 5.91 Å². The molecule has 20 heavy (non-hydrogen) atoms. The third-order valence-corrected chi connectivity index (χ3v) is 3.43. The van der Waals surface area contributed by atoms with E-state index < -0.39 is 0 Å². The minimum atomic E-state index is 0. The van der Waals surface area contributed by atoms with Crippen LogP contribution in [0.4, 0.5) is 5.69 Å². The fourth-order valence-electron chi connectivity index (χ4n) is 1.92. The largest absolute Gasteiger partial charge is 0.497 e. The maximum absolute atomic E-state index is 12.1. The molecule has 1 rings (SSSR count). The molecule has 0 atom stereocenters. The number of ether oxygens (including phenoxy) is 1. The number of amides is 1. The van der Waals surface area contributed by atoms with Crippen molar-refractivity contribution >= 4 is 11.6 Å². The van der Waals surface area contributed by atoms with Crippen molar-refractivity contribution in [1.82, 2.24) is 0 Å².